The van der Waals surface area contributed by atoms with Crippen molar-refractivity contribution < 1.29 is 9.84 Å². The number of hydrogen-bond donors (Lipinski definition) is 2. The van der Waals surface area contributed by atoms with Gasteiger partial charge in [0.25, 0.3) is 0 Å². The van der Waals surface area contributed by atoms with Gasteiger partial charge >= 0.3 is 0 Å². The molecule has 0 spiro atoms. The Kier molecular flexibility index (Phi) is 7.91. The van der Waals surface area contributed by atoms with Crippen molar-refractivity contribution in [3.8, 4) is 0 Å². The van der Waals surface area contributed by atoms with E-state index in [2.05, 4.69) is 24.2 Å². The summed E-state index contributed by atoms with van der Waals surface area (Å²) in [7, 11) is 2.18. The SMILES string of the molecule is CCCNC1(CO)CCCC(N(C)CCOCC)C1. The second kappa shape index (κ2) is 8.90. The van der Waals surface area contributed by atoms with E-state index in [-0.39, 0.29) is 12.1 Å². The smallest absolute Gasteiger partial charge is 0.0613 e. The maximum atomic E-state index is 9.78. The van der Waals surface area contributed by atoms with Gasteiger partial charge in [0, 0.05) is 24.7 Å². The van der Waals surface area contributed by atoms with E-state index in [0.717, 1.165) is 45.6 Å². The Morgan fingerprint density at radius 3 is 2.84 bits per heavy atom. The molecule has 1 fully saturated rings. The molecular formula is C15H32N2O2. The fourth-order valence-electron chi connectivity index (χ4n) is 2.99. The molecule has 1 aliphatic rings. The van der Waals surface area contributed by atoms with Crippen molar-refractivity contribution in [1.82, 2.24) is 10.2 Å². The number of aliphatic hydroxyl groups is 1. The summed E-state index contributed by atoms with van der Waals surface area (Å²) in [6.45, 7) is 8.03. The first-order chi connectivity index (χ1) is 9.17. The van der Waals surface area contributed by atoms with E-state index < -0.39 is 0 Å². The summed E-state index contributed by atoms with van der Waals surface area (Å²) in [4.78, 5) is 2.40. The molecule has 0 amide bonds. The highest BCUT2D eigenvalue weighted by molar-refractivity contribution is 4.95. The van der Waals surface area contributed by atoms with Crippen LogP contribution in [0, 0.1) is 0 Å². The third-order valence-electron chi connectivity index (χ3n) is 4.29. The Balaban J connectivity index is 2.46. The van der Waals surface area contributed by atoms with Gasteiger partial charge in [-0.1, -0.05) is 6.92 Å². The molecule has 0 bridgehead atoms. The second-order valence-corrected chi connectivity index (χ2v) is 5.79. The first-order valence-corrected chi connectivity index (χ1v) is 7.81. The highest BCUT2D eigenvalue weighted by Crippen LogP contribution is 2.30. The molecule has 4 heteroatoms. The van der Waals surface area contributed by atoms with Crippen LogP contribution in [0.4, 0.5) is 0 Å². The first kappa shape index (κ1) is 16.9. The number of likely N-dealkylation sites (N-methyl/N-ethyl adjacent to an activating group) is 1. The van der Waals surface area contributed by atoms with Gasteiger partial charge in [-0.25, -0.2) is 0 Å². The lowest BCUT2D eigenvalue weighted by atomic mass is 9.79. The monoisotopic (exact) mass is 272 g/mol. The minimum Gasteiger partial charge on any atom is -0.394 e. The molecule has 0 aromatic rings. The van der Waals surface area contributed by atoms with E-state index in [4.69, 9.17) is 4.74 Å². The number of nitrogens with one attached hydrogen (secondary N) is 1. The molecule has 1 saturated carbocycles. The van der Waals surface area contributed by atoms with Crippen molar-refractivity contribution in [2.75, 3.05) is 40.0 Å². The van der Waals surface area contributed by atoms with Crippen molar-refractivity contribution in [1.29, 1.82) is 0 Å². The van der Waals surface area contributed by atoms with Crippen molar-refractivity contribution in [3.63, 3.8) is 0 Å². The summed E-state index contributed by atoms with van der Waals surface area (Å²) in [6, 6.07) is 0.561. The minimum absolute atomic E-state index is 0.0567. The largest absolute Gasteiger partial charge is 0.394 e. The Bertz CT molecular complexity index is 238. The number of nitrogens with zero attached hydrogens (tertiary/aromatic N) is 1. The number of hydrogen-bond acceptors (Lipinski definition) is 4. The zero-order chi connectivity index (χ0) is 14.1. The molecule has 0 aliphatic heterocycles. The molecule has 19 heavy (non-hydrogen) atoms. The van der Waals surface area contributed by atoms with Crippen molar-refractivity contribution in [3.05, 3.63) is 0 Å². The quantitative estimate of drug-likeness (QED) is 0.626. The predicted molar refractivity (Wildman–Crippen MR) is 79.5 cm³/mol. The van der Waals surface area contributed by atoms with Gasteiger partial charge < -0.3 is 20.1 Å². The van der Waals surface area contributed by atoms with Gasteiger partial charge in [-0.15, -0.1) is 0 Å². The Morgan fingerprint density at radius 1 is 1.42 bits per heavy atom. The summed E-state index contributed by atoms with van der Waals surface area (Å²) < 4.78 is 5.43. The van der Waals surface area contributed by atoms with E-state index in [1.807, 2.05) is 6.92 Å². The average Bonchev–Trinajstić information content (AvgIpc) is 2.45. The molecule has 1 rings (SSSR count). The maximum Gasteiger partial charge on any atom is 0.0613 e. The van der Waals surface area contributed by atoms with E-state index in [0.29, 0.717) is 6.04 Å². The topological polar surface area (TPSA) is 44.7 Å². The third kappa shape index (κ3) is 5.38. The summed E-state index contributed by atoms with van der Waals surface area (Å²) >= 11 is 0. The van der Waals surface area contributed by atoms with Crippen molar-refractivity contribution in [2.45, 2.75) is 57.5 Å². The molecule has 2 N–H and O–H groups in total. The lowest BCUT2D eigenvalue weighted by molar-refractivity contribution is 0.0522. The molecule has 0 aromatic carbocycles. The van der Waals surface area contributed by atoms with Crippen LogP contribution < -0.4 is 5.32 Å². The van der Waals surface area contributed by atoms with Gasteiger partial charge in [0.15, 0.2) is 0 Å². The van der Waals surface area contributed by atoms with Crippen LogP contribution >= 0.6 is 0 Å². The summed E-state index contributed by atoms with van der Waals surface area (Å²) in [5.41, 5.74) is -0.0567. The van der Waals surface area contributed by atoms with E-state index >= 15 is 0 Å². The Hall–Kier alpha value is -0.160. The first-order valence-electron chi connectivity index (χ1n) is 7.81. The Labute approximate surface area is 118 Å². The number of ether oxygens (including phenoxy) is 1. The zero-order valence-corrected chi connectivity index (χ0v) is 13.0. The number of rotatable bonds is 9. The molecule has 0 saturated heterocycles. The highest BCUT2D eigenvalue weighted by atomic mass is 16.5. The minimum atomic E-state index is -0.0567. The Morgan fingerprint density at radius 2 is 2.21 bits per heavy atom. The summed E-state index contributed by atoms with van der Waals surface area (Å²) in [5.74, 6) is 0. The molecule has 2 atom stereocenters. The number of aliphatic hydroxyl groups excluding tert-OH is 1. The van der Waals surface area contributed by atoms with Crippen molar-refractivity contribution >= 4 is 0 Å². The van der Waals surface area contributed by atoms with Crippen LogP contribution in [0.15, 0.2) is 0 Å². The van der Waals surface area contributed by atoms with Gasteiger partial charge in [0.1, 0.15) is 0 Å². The molecule has 0 radical (unpaired) electrons. The highest BCUT2D eigenvalue weighted by Gasteiger charge is 2.36. The molecule has 2 unspecified atom stereocenters. The van der Waals surface area contributed by atoms with Crippen LogP contribution in [-0.4, -0.2) is 61.5 Å². The summed E-state index contributed by atoms with van der Waals surface area (Å²) in [5, 5.41) is 13.4. The summed E-state index contributed by atoms with van der Waals surface area (Å²) in [6.07, 6.45) is 5.69. The average molecular weight is 272 g/mol. The second-order valence-electron chi connectivity index (χ2n) is 5.79. The molecular weight excluding hydrogens is 240 g/mol. The van der Waals surface area contributed by atoms with Gasteiger partial charge in [-0.2, -0.15) is 0 Å². The fourth-order valence-corrected chi connectivity index (χ4v) is 2.99. The van der Waals surface area contributed by atoms with E-state index in [9.17, 15) is 5.11 Å². The predicted octanol–water partition coefficient (Wildman–Crippen LogP) is 1.63. The molecule has 0 heterocycles. The fraction of sp³-hybridized carbons (Fsp3) is 1.00. The van der Waals surface area contributed by atoms with Crippen LogP contribution in [0.1, 0.15) is 46.0 Å². The molecule has 4 nitrogen and oxygen atoms in total. The van der Waals surface area contributed by atoms with E-state index in [1.165, 1.54) is 12.8 Å². The van der Waals surface area contributed by atoms with Gasteiger partial charge in [-0.05, 0) is 52.6 Å². The van der Waals surface area contributed by atoms with E-state index in [1.54, 1.807) is 0 Å². The van der Waals surface area contributed by atoms with Crippen LogP contribution in [0.25, 0.3) is 0 Å². The van der Waals surface area contributed by atoms with Gasteiger partial charge in [0.05, 0.1) is 13.2 Å². The van der Waals surface area contributed by atoms with Crippen LogP contribution in [0.5, 0.6) is 0 Å². The molecule has 1 aliphatic carbocycles. The lowest BCUT2D eigenvalue weighted by Crippen LogP contribution is -2.55. The zero-order valence-electron chi connectivity index (χ0n) is 13.0. The van der Waals surface area contributed by atoms with Crippen molar-refractivity contribution in [2.24, 2.45) is 0 Å². The third-order valence-corrected chi connectivity index (χ3v) is 4.29. The van der Waals surface area contributed by atoms with Crippen LogP contribution in [0.3, 0.4) is 0 Å². The molecule has 0 aromatic heterocycles. The molecule has 114 valence electrons. The standard InChI is InChI=1S/C15H32N2O2/c1-4-9-16-15(13-18)8-6-7-14(12-15)17(3)10-11-19-5-2/h14,16,18H,4-13H2,1-3H3. The van der Waals surface area contributed by atoms with Crippen LogP contribution in [0.2, 0.25) is 0 Å². The van der Waals surface area contributed by atoms with Gasteiger partial charge in [0.2, 0.25) is 0 Å². The maximum absolute atomic E-state index is 9.78. The van der Waals surface area contributed by atoms with Crippen LogP contribution in [-0.2, 0) is 4.74 Å². The van der Waals surface area contributed by atoms with Gasteiger partial charge in [-0.3, -0.25) is 0 Å². The normalized spacial score (nSPS) is 27.9. The lowest BCUT2D eigenvalue weighted by Gasteiger charge is -2.43.